The molecular weight excluding hydrogens is 484 g/mol. The fourth-order valence-corrected chi connectivity index (χ4v) is 4.38. The molecule has 6 heteroatoms. The predicted octanol–water partition coefficient (Wildman–Crippen LogP) is 6.49. The molecule has 39 heavy (non-hydrogen) atoms. The van der Waals surface area contributed by atoms with E-state index in [0.29, 0.717) is 6.67 Å². The van der Waals surface area contributed by atoms with E-state index < -0.39 is 5.97 Å². The van der Waals surface area contributed by atoms with Crippen molar-refractivity contribution in [3.63, 3.8) is 0 Å². The number of nitrogens with zero attached hydrogens (tertiary/aromatic N) is 4. The van der Waals surface area contributed by atoms with Crippen molar-refractivity contribution in [1.82, 2.24) is 0 Å². The molecule has 6 nitrogen and oxygen atoms in total. The van der Waals surface area contributed by atoms with Gasteiger partial charge in [0.1, 0.15) is 6.67 Å². The topological polar surface area (TPSA) is 69.6 Å². The lowest BCUT2D eigenvalue weighted by Gasteiger charge is -2.25. The fraction of sp³-hybridized carbons (Fsp3) is 0.0303. The van der Waals surface area contributed by atoms with Crippen LogP contribution in [-0.4, -0.2) is 17.7 Å². The highest BCUT2D eigenvalue weighted by atomic mass is 16.4. The van der Waals surface area contributed by atoms with Crippen LogP contribution < -0.4 is 15.6 Å². The second-order valence-corrected chi connectivity index (χ2v) is 8.62. The van der Waals surface area contributed by atoms with Crippen molar-refractivity contribution in [2.45, 2.75) is 0 Å². The Labute approximate surface area is 226 Å². The van der Waals surface area contributed by atoms with E-state index in [9.17, 15) is 4.79 Å². The Morgan fingerprint density at radius 2 is 1.38 bits per heavy atom. The summed E-state index contributed by atoms with van der Waals surface area (Å²) in [5, 5.41) is 10.6. The molecule has 188 valence electrons. The van der Waals surface area contributed by atoms with E-state index in [0.717, 1.165) is 44.5 Å². The summed E-state index contributed by atoms with van der Waals surface area (Å²) in [4.78, 5) is 25.4. The van der Waals surface area contributed by atoms with Crippen molar-refractivity contribution in [2.75, 3.05) is 11.6 Å². The standard InChI is InChI=1S/C33H24N4O2/c1-34-30(33(38)39)16-10-2-5-11-25-19-22-29(32-31(25)35-23-36-32)24-17-20-28(21-18-24)37(26-12-6-3-7-13-26)27-14-8-4-9-15-27/h2-22H,23H2,(H,38,39)/b10-2+,11-5+,30-16+. The number of carboxylic acid groups (broad SMARTS) is 1. The Balaban J connectivity index is 1.43. The molecule has 0 saturated carbocycles. The van der Waals surface area contributed by atoms with Crippen LogP contribution in [0, 0.1) is 6.57 Å². The summed E-state index contributed by atoms with van der Waals surface area (Å²) in [6.45, 7) is 7.27. The van der Waals surface area contributed by atoms with Crippen LogP contribution in [0.2, 0.25) is 0 Å². The largest absolute Gasteiger partial charge is 0.486 e. The summed E-state index contributed by atoms with van der Waals surface area (Å²) < 4.78 is 0. The van der Waals surface area contributed by atoms with Gasteiger partial charge in [0.2, 0.25) is 0 Å². The maximum absolute atomic E-state index is 10.9. The van der Waals surface area contributed by atoms with Crippen LogP contribution >= 0.6 is 0 Å². The second kappa shape index (κ2) is 11.7. The molecular formula is C33H24N4O2. The summed E-state index contributed by atoms with van der Waals surface area (Å²) >= 11 is 0. The zero-order chi connectivity index (χ0) is 27.0. The average molecular weight is 509 g/mol. The zero-order valence-electron chi connectivity index (χ0n) is 21.0. The lowest BCUT2D eigenvalue weighted by Crippen LogP contribution is -2.26. The number of para-hydroxylation sites is 2. The number of allylic oxidation sites excluding steroid dienone is 4. The molecule has 1 aliphatic heterocycles. The maximum atomic E-state index is 10.9. The molecule has 0 saturated heterocycles. The Bertz CT molecular complexity index is 1710. The van der Waals surface area contributed by atoms with Crippen molar-refractivity contribution in [3.8, 4) is 11.1 Å². The van der Waals surface area contributed by atoms with E-state index in [1.54, 1.807) is 12.2 Å². The third-order valence-corrected chi connectivity index (χ3v) is 6.20. The molecule has 1 aliphatic rings. The minimum atomic E-state index is -1.24. The molecule has 0 unspecified atom stereocenters. The lowest BCUT2D eigenvalue weighted by atomic mass is 10.0. The number of fused-ring (bicyclic) bond motifs is 1. The van der Waals surface area contributed by atoms with Gasteiger partial charge in [0.25, 0.3) is 5.70 Å². The molecule has 4 aromatic rings. The van der Waals surface area contributed by atoms with Gasteiger partial charge in [0.15, 0.2) is 0 Å². The number of hydrogen-bond donors (Lipinski definition) is 1. The molecule has 0 atom stereocenters. The van der Waals surface area contributed by atoms with Crippen molar-refractivity contribution >= 4 is 29.1 Å². The monoisotopic (exact) mass is 508 g/mol. The van der Waals surface area contributed by atoms with Gasteiger partial charge >= 0.3 is 5.97 Å². The molecule has 0 bridgehead atoms. The third-order valence-electron chi connectivity index (χ3n) is 6.20. The van der Waals surface area contributed by atoms with E-state index in [1.807, 2.05) is 48.5 Å². The molecule has 1 N–H and O–H groups in total. The Morgan fingerprint density at radius 1 is 0.769 bits per heavy atom. The Morgan fingerprint density at radius 3 is 2.00 bits per heavy atom. The van der Waals surface area contributed by atoms with Gasteiger partial charge in [0.05, 0.1) is 17.3 Å². The molecule has 0 aliphatic carbocycles. The summed E-state index contributed by atoms with van der Waals surface area (Å²) in [6.07, 6.45) is 8.18. The molecule has 0 aromatic heterocycles. The predicted molar refractivity (Wildman–Crippen MR) is 154 cm³/mol. The van der Waals surface area contributed by atoms with Crippen LogP contribution in [-0.2, 0) is 4.79 Å². The number of carbonyl (C=O) groups is 1. The smallest absolute Gasteiger partial charge is 0.333 e. The molecule has 0 spiro atoms. The lowest BCUT2D eigenvalue weighted by molar-refractivity contribution is -0.132. The summed E-state index contributed by atoms with van der Waals surface area (Å²) in [5.74, 6) is -1.24. The third kappa shape index (κ3) is 5.58. The van der Waals surface area contributed by atoms with E-state index in [2.05, 4.69) is 74.3 Å². The minimum Gasteiger partial charge on any atom is -0.486 e. The second-order valence-electron chi connectivity index (χ2n) is 8.62. The number of hydrogen-bond acceptors (Lipinski definition) is 4. The van der Waals surface area contributed by atoms with Gasteiger partial charge in [-0.05, 0) is 48.0 Å². The van der Waals surface area contributed by atoms with E-state index in [1.165, 1.54) is 12.2 Å². The van der Waals surface area contributed by atoms with Crippen molar-refractivity contribution in [3.05, 3.63) is 155 Å². The van der Waals surface area contributed by atoms with Crippen LogP contribution in [0.15, 0.2) is 137 Å². The van der Waals surface area contributed by atoms with Gasteiger partial charge in [-0.2, -0.15) is 0 Å². The SMILES string of the molecule is [C-]#[N+]/C(=C/C=C/C=C/c1ccc(-c2ccc(N(c3ccccc3)c3ccccc3)cc2)c2c1=NCN=2)C(=O)O. The fourth-order valence-electron chi connectivity index (χ4n) is 4.38. The maximum Gasteiger partial charge on any atom is 0.333 e. The molecule has 1 heterocycles. The first kappa shape index (κ1) is 25.1. The van der Waals surface area contributed by atoms with Gasteiger partial charge in [0, 0.05) is 28.2 Å². The number of aliphatic carboxylic acids is 1. The summed E-state index contributed by atoms with van der Waals surface area (Å²) in [5.41, 5.74) is 5.88. The average Bonchev–Trinajstić information content (AvgIpc) is 3.47. The highest BCUT2D eigenvalue weighted by Gasteiger charge is 2.13. The van der Waals surface area contributed by atoms with Gasteiger partial charge in [-0.15, -0.1) is 0 Å². The number of carboxylic acids is 1. The van der Waals surface area contributed by atoms with Crippen molar-refractivity contribution < 1.29 is 9.90 Å². The summed E-state index contributed by atoms with van der Waals surface area (Å²) in [6, 6.07) is 33.1. The molecule has 5 rings (SSSR count). The molecule has 0 amide bonds. The van der Waals surface area contributed by atoms with Crippen LogP contribution in [0.3, 0.4) is 0 Å². The van der Waals surface area contributed by atoms with Crippen molar-refractivity contribution in [2.24, 2.45) is 9.98 Å². The molecule has 0 radical (unpaired) electrons. The first-order valence-corrected chi connectivity index (χ1v) is 12.3. The highest BCUT2D eigenvalue weighted by molar-refractivity contribution is 5.89. The van der Waals surface area contributed by atoms with Crippen LogP contribution in [0.25, 0.3) is 22.0 Å². The summed E-state index contributed by atoms with van der Waals surface area (Å²) in [7, 11) is 0. The molecule has 4 aromatic carbocycles. The Kier molecular flexibility index (Phi) is 7.52. The first-order valence-electron chi connectivity index (χ1n) is 12.3. The number of benzene rings is 4. The van der Waals surface area contributed by atoms with Gasteiger partial charge in [-0.25, -0.2) is 4.85 Å². The highest BCUT2D eigenvalue weighted by Crippen LogP contribution is 2.34. The van der Waals surface area contributed by atoms with E-state index >= 15 is 0 Å². The molecule has 0 fully saturated rings. The first-order chi connectivity index (χ1) is 19.2. The number of anilines is 3. The van der Waals surface area contributed by atoms with Crippen molar-refractivity contribution in [1.29, 1.82) is 0 Å². The Hall–Kier alpha value is -5.54. The van der Waals surface area contributed by atoms with Gasteiger partial charge in [-0.1, -0.05) is 85.0 Å². The van der Waals surface area contributed by atoms with Crippen LogP contribution in [0.5, 0.6) is 0 Å². The normalized spacial score (nSPS) is 12.5. The van der Waals surface area contributed by atoms with Crippen LogP contribution in [0.4, 0.5) is 17.1 Å². The van der Waals surface area contributed by atoms with Gasteiger partial charge in [-0.3, -0.25) is 14.8 Å². The van der Waals surface area contributed by atoms with Crippen LogP contribution in [0.1, 0.15) is 5.56 Å². The zero-order valence-corrected chi connectivity index (χ0v) is 21.0. The van der Waals surface area contributed by atoms with E-state index in [-0.39, 0.29) is 5.70 Å². The minimum absolute atomic E-state index is 0.333. The van der Waals surface area contributed by atoms with Gasteiger partial charge < -0.3 is 10.0 Å². The van der Waals surface area contributed by atoms with E-state index in [4.69, 9.17) is 11.7 Å². The quantitative estimate of drug-likeness (QED) is 0.168. The number of rotatable bonds is 8.